The van der Waals surface area contributed by atoms with Crippen LogP contribution in [0.1, 0.15) is 5.56 Å². The number of hydrogen-bond donors (Lipinski definition) is 1. The normalized spacial score (nSPS) is 10.8. The Hall–Kier alpha value is -3.33. The van der Waals surface area contributed by atoms with Gasteiger partial charge in [0, 0.05) is 25.4 Å². The van der Waals surface area contributed by atoms with E-state index in [1.165, 1.54) is 28.5 Å². The minimum Gasteiger partial charge on any atom is -0.375 e. The average molecular weight is 385 g/mol. The van der Waals surface area contributed by atoms with Crippen molar-refractivity contribution < 1.29 is 13.9 Å². The van der Waals surface area contributed by atoms with E-state index in [2.05, 4.69) is 15.4 Å². The summed E-state index contributed by atoms with van der Waals surface area (Å²) < 4.78 is 20.7. The third-order valence-electron chi connectivity index (χ3n) is 3.99. The highest BCUT2D eigenvalue weighted by molar-refractivity contribution is 5.77. The molecule has 9 heteroatoms. The molecule has 0 saturated heterocycles. The predicted octanol–water partition coefficient (Wildman–Crippen LogP) is 1.31. The first-order valence-electron chi connectivity index (χ1n) is 8.64. The third kappa shape index (κ3) is 4.32. The van der Waals surface area contributed by atoms with Crippen molar-refractivity contribution >= 4 is 5.91 Å². The molecule has 8 nitrogen and oxygen atoms in total. The van der Waals surface area contributed by atoms with Crippen LogP contribution in [0.2, 0.25) is 0 Å². The Morgan fingerprint density at radius 2 is 1.96 bits per heavy atom. The summed E-state index contributed by atoms with van der Waals surface area (Å²) in [6.07, 6.45) is 1.65. The van der Waals surface area contributed by atoms with Crippen LogP contribution in [0, 0.1) is 12.7 Å². The third-order valence-corrected chi connectivity index (χ3v) is 3.99. The molecular weight excluding hydrogens is 365 g/mol. The Morgan fingerprint density at radius 1 is 1.21 bits per heavy atom. The van der Waals surface area contributed by atoms with Crippen molar-refractivity contribution in [1.29, 1.82) is 0 Å². The lowest BCUT2D eigenvalue weighted by Crippen LogP contribution is -2.33. The van der Waals surface area contributed by atoms with Crippen LogP contribution in [-0.4, -0.2) is 45.5 Å². The van der Waals surface area contributed by atoms with E-state index in [1.54, 1.807) is 24.4 Å². The molecule has 0 bridgehead atoms. The number of rotatable bonds is 7. The summed E-state index contributed by atoms with van der Waals surface area (Å²) in [6, 6.07) is 9.26. The maximum Gasteiger partial charge on any atom is 0.352 e. The molecule has 3 aromatic rings. The fourth-order valence-corrected chi connectivity index (χ4v) is 2.62. The summed E-state index contributed by atoms with van der Waals surface area (Å²) >= 11 is 0. The van der Waals surface area contributed by atoms with Gasteiger partial charge >= 0.3 is 5.69 Å². The highest BCUT2D eigenvalue weighted by Crippen LogP contribution is 2.19. The molecule has 146 valence electrons. The number of aromatic nitrogens is 4. The van der Waals surface area contributed by atoms with E-state index in [4.69, 9.17) is 4.74 Å². The van der Waals surface area contributed by atoms with Crippen LogP contribution in [0.25, 0.3) is 17.2 Å². The summed E-state index contributed by atoms with van der Waals surface area (Å²) in [4.78, 5) is 28.7. The van der Waals surface area contributed by atoms with Gasteiger partial charge in [0.15, 0.2) is 5.82 Å². The predicted molar refractivity (Wildman–Crippen MR) is 101 cm³/mol. The fourth-order valence-electron chi connectivity index (χ4n) is 2.62. The number of carbonyl (C=O) groups excluding carboxylic acids is 1. The highest BCUT2D eigenvalue weighted by Gasteiger charge is 2.17. The largest absolute Gasteiger partial charge is 0.375 e. The number of benzene rings is 1. The Bertz CT molecular complexity index is 1010. The fraction of sp³-hybridized carbons (Fsp3) is 0.263. The van der Waals surface area contributed by atoms with Gasteiger partial charge in [0.1, 0.15) is 18.2 Å². The maximum absolute atomic E-state index is 13.3. The van der Waals surface area contributed by atoms with E-state index in [-0.39, 0.29) is 31.4 Å². The van der Waals surface area contributed by atoms with Gasteiger partial charge in [-0.05, 0) is 42.8 Å². The van der Waals surface area contributed by atoms with Crippen LogP contribution in [0.4, 0.5) is 4.39 Å². The molecule has 2 heterocycles. The van der Waals surface area contributed by atoms with Crippen molar-refractivity contribution in [3.8, 4) is 17.2 Å². The number of nitrogens with one attached hydrogen (secondary N) is 1. The second kappa shape index (κ2) is 8.57. The molecule has 3 rings (SSSR count). The number of amides is 1. The van der Waals surface area contributed by atoms with Crippen LogP contribution >= 0.6 is 0 Å². The van der Waals surface area contributed by atoms with Crippen molar-refractivity contribution in [2.24, 2.45) is 0 Å². The summed E-state index contributed by atoms with van der Waals surface area (Å²) in [6.45, 7) is 2.22. The maximum atomic E-state index is 13.3. The Labute approximate surface area is 160 Å². The molecule has 0 atom stereocenters. The summed E-state index contributed by atoms with van der Waals surface area (Å²) in [5, 5.41) is 7.02. The smallest absolute Gasteiger partial charge is 0.352 e. The molecule has 2 aromatic heterocycles. The monoisotopic (exact) mass is 385 g/mol. The first kappa shape index (κ1) is 19.4. The number of carbonyl (C=O) groups is 1. The minimum absolute atomic E-state index is 0.0581. The van der Waals surface area contributed by atoms with Crippen LogP contribution in [0.5, 0.6) is 0 Å². The van der Waals surface area contributed by atoms with Gasteiger partial charge in [-0.1, -0.05) is 6.07 Å². The second-order valence-corrected chi connectivity index (χ2v) is 6.15. The minimum atomic E-state index is -0.406. The van der Waals surface area contributed by atoms with Gasteiger partial charge in [-0.3, -0.25) is 4.79 Å². The highest BCUT2D eigenvalue weighted by atomic mass is 19.1. The number of ether oxygens (including phenoxy) is 1. The number of hydrogen-bond acceptors (Lipinski definition) is 5. The SMILES string of the molecule is COCC(=O)NCCn1nc(-c2ccc(F)cc2)n(-c2ccc(C)cn2)c1=O. The molecule has 0 aliphatic carbocycles. The van der Waals surface area contributed by atoms with E-state index in [0.717, 1.165) is 5.56 Å². The van der Waals surface area contributed by atoms with Crippen LogP contribution < -0.4 is 11.0 Å². The Balaban J connectivity index is 1.97. The van der Waals surface area contributed by atoms with Crippen molar-refractivity contribution in [2.45, 2.75) is 13.5 Å². The quantitative estimate of drug-likeness (QED) is 0.662. The van der Waals surface area contributed by atoms with Crippen molar-refractivity contribution in [3.63, 3.8) is 0 Å². The van der Waals surface area contributed by atoms with Crippen molar-refractivity contribution in [3.05, 3.63) is 64.5 Å². The molecular formula is C19H20FN5O3. The molecule has 28 heavy (non-hydrogen) atoms. The molecule has 0 unspecified atom stereocenters. The summed E-state index contributed by atoms with van der Waals surface area (Å²) in [5.74, 6) is 0.0782. The average Bonchev–Trinajstić information content (AvgIpc) is 3.00. The van der Waals surface area contributed by atoms with Crippen LogP contribution in [0.15, 0.2) is 47.4 Å². The second-order valence-electron chi connectivity index (χ2n) is 6.15. The summed E-state index contributed by atoms with van der Waals surface area (Å²) in [7, 11) is 1.43. The van der Waals surface area contributed by atoms with Gasteiger partial charge in [0.2, 0.25) is 5.91 Å². The van der Waals surface area contributed by atoms with Crippen molar-refractivity contribution in [1.82, 2.24) is 24.6 Å². The lowest BCUT2D eigenvalue weighted by molar-refractivity contribution is -0.124. The molecule has 1 N–H and O–H groups in total. The molecule has 0 aliphatic heterocycles. The Kier molecular flexibility index (Phi) is 5.95. The van der Waals surface area contributed by atoms with E-state index in [0.29, 0.717) is 17.2 Å². The van der Waals surface area contributed by atoms with Gasteiger partial charge in [0.25, 0.3) is 0 Å². The van der Waals surface area contributed by atoms with E-state index in [9.17, 15) is 14.0 Å². The molecule has 0 radical (unpaired) electrons. The van der Waals surface area contributed by atoms with Gasteiger partial charge in [-0.15, -0.1) is 5.10 Å². The summed E-state index contributed by atoms with van der Waals surface area (Å²) in [5.41, 5.74) is 1.12. The van der Waals surface area contributed by atoms with Gasteiger partial charge in [-0.25, -0.2) is 23.4 Å². The van der Waals surface area contributed by atoms with Gasteiger partial charge < -0.3 is 10.1 Å². The van der Waals surface area contributed by atoms with E-state index in [1.807, 2.05) is 13.0 Å². The van der Waals surface area contributed by atoms with Crippen molar-refractivity contribution in [2.75, 3.05) is 20.3 Å². The zero-order valence-corrected chi connectivity index (χ0v) is 15.6. The number of methoxy groups -OCH3 is 1. The molecule has 1 aromatic carbocycles. The first-order valence-corrected chi connectivity index (χ1v) is 8.64. The molecule has 0 spiro atoms. The number of aryl methyl sites for hydroxylation is 1. The van der Waals surface area contributed by atoms with E-state index >= 15 is 0 Å². The Morgan fingerprint density at radius 3 is 2.61 bits per heavy atom. The van der Waals surface area contributed by atoms with Crippen LogP contribution in [0.3, 0.4) is 0 Å². The first-order chi connectivity index (χ1) is 13.5. The topological polar surface area (TPSA) is 91.0 Å². The lowest BCUT2D eigenvalue weighted by Gasteiger charge is -2.05. The molecule has 0 aliphatic rings. The molecule has 1 amide bonds. The lowest BCUT2D eigenvalue weighted by atomic mass is 10.2. The van der Waals surface area contributed by atoms with Crippen LogP contribution in [-0.2, 0) is 16.1 Å². The molecule has 0 saturated carbocycles. The number of halogens is 1. The number of pyridine rings is 1. The van der Waals surface area contributed by atoms with Gasteiger partial charge in [-0.2, -0.15) is 0 Å². The van der Waals surface area contributed by atoms with Gasteiger partial charge in [0.05, 0.1) is 6.54 Å². The standard InChI is InChI=1S/C19H20FN5O3/c1-13-3-8-16(22-11-13)25-18(14-4-6-15(20)7-5-14)23-24(19(25)27)10-9-21-17(26)12-28-2/h3-8,11H,9-10,12H2,1-2H3,(H,21,26). The zero-order valence-electron chi connectivity index (χ0n) is 15.6. The van der Waals surface area contributed by atoms with E-state index < -0.39 is 5.69 Å². The zero-order chi connectivity index (χ0) is 20.1. The molecule has 0 fully saturated rings. The number of nitrogens with zero attached hydrogens (tertiary/aromatic N) is 4.